The lowest BCUT2D eigenvalue weighted by molar-refractivity contribution is -0.131. The van der Waals surface area contributed by atoms with Gasteiger partial charge in [-0.25, -0.2) is 4.79 Å². The standard InChI is InChI=1S/C24H27N7O5/c1-30(23(33)10-15-5-6-21-19(9-15)25-24(34)36-21)20(13-31-8-7-17(32)12-31)16-3-2-4-18(11-16)35-14-22-26-28-29-27-22/h2-6,9,11,17,20,32H,7-8,10,12-14H2,1H3,(H,25,34)(H,26,27,28,29). The van der Waals surface area contributed by atoms with Crippen LogP contribution in [-0.2, 0) is 17.8 Å². The molecule has 4 aromatic rings. The number of amides is 1. The molecule has 2 aromatic carbocycles. The van der Waals surface area contributed by atoms with Gasteiger partial charge in [0.1, 0.15) is 5.75 Å². The Balaban J connectivity index is 1.35. The van der Waals surface area contributed by atoms with Crippen molar-refractivity contribution >= 4 is 17.0 Å². The highest BCUT2D eigenvalue weighted by Crippen LogP contribution is 2.27. The van der Waals surface area contributed by atoms with Crippen molar-refractivity contribution in [2.45, 2.75) is 31.6 Å². The van der Waals surface area contributed by atoms with Crippen LogP contribution in [0.4, 0.5) is 0 Å². The van der Waals surface area contributed by atoms with Crippen molar-refractivity contribution in [1.29, 1.82) is 0 Å². The van der Waals surface area contributed by atoms with Crippen molar-refractivity contribution in [2.75, 3.05) is 26.7 Å². The number of fused-ring (bicyclic) bond motifs is 1. The van der Waals surface area contributed by atoms with Crippen molar-refractivity contribution in [2.24, 2.45) is 0 Å². The van der Waals surface area contributed by atoms with Gasteiger partial charge in [-0.3, -0.25) is 14.7 Å². The number of hydrogen-bond donors (Lipinski definition) is 3. The molecule has 5 rings (SSSR count). The second-order valence-corrected chi connectivity index (χ2v) is 8.93. The maximum atomic E-state index is 13.4. The van der Waals surface area contributed by atoms with Gasteiger partial charge in [-0.2, -0.15) is 5.21 Å². The third-order valence-corrected chi connectivity index (χ3v) is 6.38. The molecule has 2 unspecified atom stereocenters. The number of β-amino-alcohol motifs (C(OH)–C–C–N with tert-alkyl or cyclic N) is 1. The lowest BCUT2D eigenvalue weighted by Crippen LogP contribution is -2.39. The molecule has 1 saturated heterocycles. The lowest BCUT2D eigenvalue weighted by Gasteiger charge is -2.32. The number of aromatic nitrogens is 5. The van der Waals surface area contributed by atoms with Gasteiger partial charge in [0.25, 0.3) is 0 Å². The summed E-state index contributed by atoms with van der Waals surface area (Å²) in [6.07, 6.45) is 0.508. The number of likely N-dealkylation sites (tertiary alicyclic amines) is 1. The predicted octanol–water partition coefficient (Wildman–Crippen LogP) is 1.02. The lowest BCUT2D eigenvalue weighted by atomic mass is 10.0. The Morgan fingerprint density at radius 1 is 1.33 bits per heavy atom. The van der Waals surface area contributed by atoms with Crippen LogP contribution in [0.5, 0.6) is 5.75 Å². The van der Waals surface area contributed by atoms with Crippen LogP contribution >= 0.6 is 0 Å². The molecule has 3 N–H and O–H groups in total. The number of rotatable bonds is 9. The van der Waals surface area contributed by atoms with Gasteiger partial charge in [-0.05, 0) is 41.8 Å². The minimum absolute atomic E-state index is 0.0805. The quantitative estimate of drug-likeness (QED) is 0.310. The van der Waals surface area contributed by atoms with E-state index >= 15 is 0 Å². The van der Waals surface area contributed by atoms with Gasteiger partial charge in [-0.1, -0.05) is 23.4 Å². The van der Waals surface area contributed by atoms with Gasteiger partial charge >= 0.3 is 5.76 Å². The summed E-state index contributed by atoms with van der Waals surface area (Å²) < 4.78 is 10.9. The van der Waals surface area contributed by atoms with E-state index in [-0.39, 0.29) is 31.1 Å². The molecule has 36 heavy (non-hydrogen) atoms. The molecule has 0 bridgehead atoms. The zero-order chi connectivity index (χ0) is 25.1. The van der Waals surface area contributed by atoms with Crippen molar-refractivity contribution in [1.82, 2.24) is 35.4 Å². The summed E-state index contributed by atoms with van der Waals surface area (Å²) in [5, 5.41) is 23.7. The smallest absolute Gasteiger partial charge is 0.417 e. The van der Waals surface area contributed by atoms with Crippen molar-refractivity contribution in [3.05, 3.63) is 70.0 Å². The van der Waals surface area contributed by atoms with E-state index in [1.165, 1.54) is 0 Å². The van der Waals surface area contributed by atoms with Crippen LogP contribution in [0.1, 0.15) is 29.4 Å². The zero-order valence-corrected chi connectivity index (χ0v) is 19.8. The maximum Gasteiger partial charge on any atom is 0.417 e. The molecular formula is C24H27N7O5. The molecule has 2 atom stereocenters. The van der Waals surface area contributed by atoms with Crippen molar-refractivity contribution < 1.29 is 19.1 Å². The number of likely N-dealkylation sites (N-methyl/N-ethyl adjacent to an activating group) is 1. The molecule has 1 fully saturated rings. The minimum atomic E-state index is -0.528. The second kappa shape index (κ2) is 10.3. The van der Waals surface area contributed by atoms with Crippen LogP contribution < -0.4 is 10.5 Å². The minimum Gasteiger partial charge on any atom is -0.485 e. The first-order valence-electron chi connectivity index (χ1n) is 11.7. The number of ether oxygens (including phenoxy) is 1. The molecule has 188 valence electrons. The Bertz CT molecular complexity index is 1380. The Labute approximate surface area is 205 Å². The summed E-state index contributed by atoms with van der Waals surface area (Å²) in [7, 11) is 1.78. The van der Waals surface area contributed by atoms with Crippen molar-refractivity contribution in [3.63, 3.8) is 0 Å². The number of hydrogen-bond acceptors (Lipinski definition) is 9. The zero-order valence-electron chi connectivity index (χ0n) is 19.8. The number of aromatic amines is 2. The summed E-state index contributed by atoms with van der Waals surface area (Å²) in [5.41, 5.74) is 2.69. The third kappa shape index (κ3) is 5.44. The SMILES string of the molecule is CN(C(=O)Cc1ccc2oc(=O)[nH]c2c1)C(CN1CCC(O)C1)c1cccc(OCc2nn[nH]n2)c1. The molecule has 0 aliphatic carbocycles. The van der Waals surface area contributed by atoms with Gasteiger partial charge in [0, 0.05) is 26.7 Å². The molecule has 12 nitrogen and oxygen atoms in total. The first-order chi connectivity index (χ1) is 17.4. The number of nitrogens with one attached hydrogen (secondary N) is 2. The fourth-order valence-electron chi connectivity index (χ4n) is 4.46. The first kappa shape index (κ1) is 23.7. The fourth-order valence-corrected chi connectivity index (χ4v) is 4.46. The van der Waals surface area contributed by atoms with Gasteiger partial charge in [-0.15, -0.1) is 10.2 Å². The largest absolute Gasteiger partial charge is 0.485 e. The van der Waals surface area contributed by atoms with Gasteiger partial charge in [0.05, 0.1) is 24.1 Å². The number of tetrazole rings is 1. The van der Waals surface area contributed by atoms with Crippen LogP contribution in [0.15, 0.2) is 51.7 Å². The molecular weight excluding hydrogens is 466 g/mol. The first-order valence-corrected chi connectivity index (χ1v) is 11.7. The van der Waals surface area contributed by atoms with Crippen LogP contribution in [-0.4, -0.2) is 79.2 Å². The molecule has 12 heteroatoms. The van der Waals surface area contributed by atoms with Crippen LogP contribution in [0.2, 0.25) is 0 Å². The average molecular weight is 494 g/mol. The monoisotopic (exact) mass is 493 g/mol. The van der Waals surface area contributed by atoms with E-state index in [1.54, 1.807) is 30.1 Å². The summed E-state index contributed by atoms with van der Waals surface area (Å²) in [5.74, 6) is 0.452. The molecule has 3 heterocycles. The number of carbonyl (C=O) groups is 1. The fraction of sp³-hybridized carbons (Fsp3) is 0.375. The second-order valence-electron chi connectivity index (χ2n) is 8.93. The number of carbonyl (C=O) groups excluding carboxylic acids is 1. The van der Waals surface area contributed by atoms with Gasteiger partial charge in [0.15, 0.2) is 12.2 Å². The highest BCUT2D eigenvalue weighted by atomic mass is 16.5. The molecule has 1 aliphatic heterocycles. The molecule has 2 aromatic heterocycles. The number of aliphatic hydroxyl groups is 1. The van der Waals surface area contributed by atoms with Crippen LogP contribution in [0.25, 0.3) is 11.1 Å². The Hall–Kier alpha value is -4.03. The Kier molecular flexibility index (Phi) is 6.78. The molecule has 0 spiro atoms. The van der Waals surface area contributed by atoms with E-state index in [0.29, 0.717) is 42.2 Å². The number of H-pyrrole nitrogens is 2. The molecule has 0 saturated carbocycles. The van der Waals surface area contributed by atoms with E-state index in [9.17, 15) is 14.7 Å². The van der Waals surface area contributed by atoms with E-state index in [1.807, 2.05) is 24.3 Å². The van der Waals surface area contributed by atoms with Crippen LogP contribution in [0.3, 0.4) is 0 Å². The number of oxazole rings is 1. The van der Waals surface area contributed by atoms with E-state index in [4.69, 9.17) is 9.15 Å². The van der Waals surface area contributed by atoms with Gasteiger partial charge < -0.3 is 19.2 Å². The predicted molar refractivity (Wildman–Crippen MR) is 128 cm³/mol. The normalized spacial score (nSPS) is 16.9. The summed E-state index contributed by atoms with van der Waals surface area (Å²) in [6.45, 7) is 2.06. The summed E-state index contributed by atoms with van der Waals surface area (Å²) in [6, 6.07) is 12.5. The molecule has 0 radical (unpaired) electrons. The van der Waals surface area contributed by atoms with Crippen LogP contribution in [0, 0.1) is 0 Å². The highest BCUT2D eigenvalue weighted by molar-refractivity contribution is 5.81. The number of benzene rings is 2. The van der Waals surface area contributed by atoms with Gasteiger partial charge in [0.2, 0.25) is 11.7 Å². The average Bonchev–Trinajstić information content (AvgIpc) is 3.61. The summed E-state index contributed by atoms with van der Waals surface area (Å²) in [4.78, 5) is 31.4. The Morgan fingerprint density at radius 2 is 2.22 bits per heavy atom. The summed E-state index contributed by atoms with van der Waals surface area (Å²) >= 11 is 0. The van der Waals surface area contributed by atoms with E-state index in [2.05, 4.69) is 30.5 Å². The van der Waals surface area contributed by atoms with E-state index < -0.39 is 5.76 Å². The number of nitrogens with zero attached hydrogens (tertiary/aromatic N) is 5. The molecule has 1 amide bonds. The molecule has 1 aliphatic rings. The highest BCUT2D eigenvalue weighted by Gasteiger charge is 2.28. The maximum absolute atomic E-state index is 13.4. The topological polar surface area (TPSA) is 153 Å². The van der Waals surface area contributed by atoms with E-state index in [0.717, 1.165) is 17.7 Å². The van der Waals surface area contributed by atoms with Crippen molar-refractivity contribution in [3.8, 4) is 5.75 Å². The number of aliphatic hydroxyl groups excluding tert-OH is 1. The third-order valence-electron chi connectivity index (χ3n) is 6.38. The Morgan fingerprint density at radius 3 is 3.00 bits per heavy atom.